The summed E-state index contributed by atoms with van der Waals surface area (Å²) in [6.45, 7) is 1.94. The molecule has 2 N–H and O–H groups in total. The summed E-state index contributed by atoms with van der Waals surface area (Å²) < 4.78 is 0. The van der Waals surface area contributed by atoms with E-state index in [0.717, 1.165) is 42.9 Å². The molecule has 0 radical (unpaired) electrons. The Morgan fingerprint density at radius 2 is 1.81 bits per heavy atom. The van der Waals surface area contributed by atoms with Gasteiger partial charge in [0.25, 0.3) is 0 Å². The Kier molecular flexibility index (Phi) is 6.26. The van der Waals surface area contributed by atoms with Crippen LogP contribution in [-0.2, 0) is 4.79 Å². The Labute approximate surface area is 163 Å². The summed E-state index contributed by atoms with van der Waals surface area (Å²) in [5.41, 5.74) is 2.69. The molecule has 2 aromatic rings. The Morgan fingerprint density at radius 3 is 2.54 bits per heavy atom. The lowest BCUT2D eigenvalue weighted by molar-refractivity contribution is -0.115. The van der Waals surface area contributed by atoms with Crippen LogP contribution in [0.2, 0.25) is 5.02 Å². The van der Waals surface area contributed by atoms with Gasteiger partial charge in [0.1, 0.15) is 0 Å². The van der Waals surface area contributed by atoms with Crippen molar-refractivity contribution in [3.8, 4) is 0 Å². The molecular weight excluding hydrogens is 366 g/mol. The van der Waals surface area contributed by atoms with E-state index in [1.807, 2.05) is 48.5 Å². The van der Waals surface area contributed by atoms with Crippen LogP contribution in [-0.4, -0.2) is 24.1 Å². The zero-order valence-electron chi connectivity index (χ0n) is 14.2. The minimum atomic E-state index is -0.281. The molecule has 2 aromatic carbocycles. The number of halogens is 1. The average Bonchev–Trinajstić information content (AvgIpc) is 3.15. The molecule has 1 heterocycles. The van der Waals surface area contributed by atoms with E-state index in [2.05, 4.69) is 15.5 Å². The Balaban J connectivity index is 1.64. The molecule has 0 aliphatic carbocycles. The van der Waals surface area contributed by atoms with Gasteiger partial charge in [0.05, 0.1) is 16.4 Å². The molecule has 0 bridgehead atoms. The van der Waals surface area contributed by atoms with Gasteiger partial charge in [-0.25, -0.2) is 0 Å². The molecule has 3 rings (SSSR count). The third-order valence-electron chi connectivity index (χ3n) is 4.12. The van der Waals surface area contributed by atoms with Crippen LogP contribution in [0, 0.1) is 0 Å². The van der Waals surface area contributed by atoms with Gasteiger partial charge in [-0.05, 0) is 48.8 Å². The highest BCUT2D eigenvalue weighted by atomic mass is 35.5. The van der Waals surface area contributed by atoms with Gasteiger partial charge >= 0.3 is 0 Å². The maximum atomic E-state index is 12.1. The molecule has 6 heteroatoms. The second-order valence-electron chi connectivity index (χ2n) is 6.02. The lowest BCUT2D eigenvalue weighted by Crippen LogP contribution is -2.33. The molecule has 26 heavy (non-hydrogen) atoms. The van der Waals surface area contributed by atoms with Gasteiger partial charge in [0, 0.05) is 19.2 Å². The molecular formula is C20H20ClN3OS. The minimum absolute atomic E-state index is 0.246. The molecule has 1 fully saturated rings. The molecule has 0 atom stereocenters. The van der Waals surface area contributed by atoms with Crippen LogP contribution >= 0.6 is 23.8 Å². The summed E-state index contributed by atoms with van der Waals surface area (Å²) in [5, 5.41) is 6.69. The van der Waals surface area contributed by atoms with Gasteiger partial charge in [0.2, 0.25) is 5.91 Å². The van der Waals surface area contributed by atoms with E-state index in [4.69, 9.17) is 23.8 Å². The van der Waals surface area contributed by atoms with Gasteiger partial charge in [0.15, 0.2) is 5.11 Å². The van der Waals surface area contributed by atoms with Gasteiger partial charge < -0.3 is 10.2 Å². The highest BCUT2D eigenvalue weighted by Gasteiger charge is 2.19. The van der Waals surface area contributed by atoms with Crippen molar-refractivity contribution in [1.82, 2.24) is 5.32 Å². The van der Waals surface area contributed by atoms with Crippen molar-refractivity contribution in [1.29, 1.82) is 0 Å². The van der Waals surface area contributed by atoms with E-state index in [9.17, 15) is 4.79 Å². The van der Waals surface area contributed by atoms with E-state index in [1.54, 1.807) is 6.08 Å². The van der Waals surface area contributed by atoms with E-state index >= 15 is 0 Å². The Morgan fingerprint density at radius 1 is 1.08 bits per heavy atom. The van der Waals surface area contributed by atoms with Crippen molar-refractivity contribution in [2.75, 3.05) is 23.3 Å². The number of para-hydroxylation sites is 1. The number of nitrogens with zero attached hydrogens (tertiary/aromatic N) is 1. The van der Waals surface area contributed by atoms with Crippen molar-refractivity contribution in [2.24, 2.45) is 0 Å². The van der Waals surface area contributed by atoms with Crippen molar-refractivity contribution in [2.45, 2.75) is 12.8 Å². The normalized spacial score (nSPS) is 13.8. The second-order valence-corrected chi connectivity index (χ2v) is 6.83. The number of anilines is 2. The molecule has 4 nitrogen and oxygen atoms in total. The van der Waals surface area contributed by atoms with Gasteiger partial charge in [-0.15, -0.1) is 0 Å². The second kappa shape index (κ2) is 8.83. The zero-order chi connectivity index (χ0) is 18.4. The number of amides is 1. The number of hydrogen-bond acceptors (Lipinski definition) is 3. The topological polar surface area (TPSA) is 44.4 Å². The number of hydrogen-bond donors (Lipinski definition) is 2. The molecule has 134 valence electrons. The molecule has 0 unspecified atom stereocenters. The Bertz CT molecular complexity index is 817. The lowest BCUT2D eigenvalue weighted by atomic mass is 10.2. The summed E-state index contributed by atoms with van der Waals surface area (Å²) in [6.07, 6.45) is 5.50. The molecule has 1 aliphatic heterocycles. The van der Waals surface area contributed by atoms with Crippen molar-refractivity contribution in [3.63, 3.8) is 0 Å². The third-order valence-corrected chi connectivity index (χ3v) is 4.63. The summed E-state index contributed by atoms with van der Waals surface area (Å²) in [4.78, 5) is 14.3. The highest BCUT2D eigenvalue weighted by molar-refractivity contribution is 7.80. The predicted molar refractivity (Wildman–Crippen MR) is 113 cm³/mol. The van der Waals surface area contributed by atoms with Gasteiger partial charge in [-0.2, -0.15) is 0 Å². The van der Waals surface area contributed by atoms with Crippen LogP contribution in [0.3, 0.4) is 0 Å². The molecule has 0 saturated carbocycles. The molecule has 1 amide bonds. The van der Waals surface area contributed by atoms with Crippen molar-refractivity contribution in [3.05, 3.63) is 65.2 Å². The maximum Gasteiger partial charge on any atom is 0.250 e. The first-order chi connectivity index (χ1) is 12.6. The predicted octanol–water partition coefficient (Wildman–Crippen LogP) is 4.47. The molecule has 1 aliphatic rings. The number of thiocarbonyl (C=S) groups is 1. The average molecular weight is 386 g/mol. The number of benzene rings is 2. The van der Waals surface area contributed by atoms with Crippen molar-refractivity contribution >= 4 is 52.3 Å². The quantitative estimate of drug-likeness (QED) is 0.602. The van der Waals surface area contributed by atoms with Crippen LogP contribution in [0.5, 0.6) is 0 Å². The fraction of sp³-hybridized carbons (Fsp3) is 0.200. The highest BCUT2D eigenvalue weighted by Crippen LogP contribution is 2.35. The van der Waals surface area contributed by atoms with Crippen molar-refractivity contribution < 1.29 is 4.79 Å². The first kappa shape index (κ1) is 18.4. The number of rotatable bonds is 4. The number of carbonyl (C=O) groups excluding carboxylic acids is 1. The van der Waals surface area contributed by atoms with E-state index in [-0.39, 0.29) is 11.0 Å². The van der Waals surface area contributed by atoms with Gasteiger partial charge in [-0.1, -0.05) is 48.0 Å². The molecule has 1 saturated heterocycles. The SMILES string of the molecule is O=C(/C=C/c1ccccc1)NC(=S)Nc1cccc(Cl)c1N1CCCC1. The minimum Gasteiger partial charge on any atom is -0.369 e. The monoisotopic (exact) mass is 385 g/mol. The van der Waals surface area contributed by atoms with Gasteiger partial charge in [-0.3, -0.25) is 10.1 Å². The number of nitrogens with one attached hydrogen (secondary N) is 2. The summed E-state index contributed by atoms with van der Waals surface area (Å²) in [7, 11) is 0. The van der Waals surface area contributed by atoms with Crippen LogP contribution in [0.4, 0.5) is 11.4 Å². The maximum absolute atomic E-state index is 12.1. The van der Waals surface area contributed by atoms with Crippen LogP contribution < -0.4 is 15.5 Å². The molecule has 0 aromatic heterocycles. The lowest BCUT2D eigenvalue weighted by Gasteiger charge is -2.23. The first-order valence-electron chi connectivity index (χ1n) is 8.52. The van der Waals surface area contributed by atoms with Crippen LogP contribution in [0.25, 0.3) is 6.08 Å². The summed E-state index contributed by atoms with van der Waals surface area (Å²) in [5.74, 6) is -0.281. The van der Waals surface area contributed by atoms with E-state index < -0.39 is 0 Å². The summed E-state index contributed by atoms with van der Waals surface area (Å²) >= 11 is 11.7. The fourth-order valence-electron chi connectivity index (χ4n) is 2.92. The van der Waals surface area contributed by atoms with Crippen LogP contribution in [0.15, 0.2) is 54.6 Å². The Hall–Kier alpha value is -2.37. The van der Waals surface area contributed by atoms with E-state index in [1.165, 1.54) is 6.08 Å². The standard InChI is InChI=1S/C20H20ClN3OS/c21-16-9-6-10-17(19(16)24-13-4-5-14-24)22-20(26)23-18(25)12-11-15-7-2-1-3-8-15/h1-3,6-12H,4-5,13-14H2,(H2,22,23,25,26)/b12-11+. The largest absolute Gasteiger partial charge is 0.369 e. The fourth-order valence-corrected chi connectivity index (χ4v) is 3.43. The summed E-state index contributed by atoms with van der Waals surface area (Å²) in [6, 6.07) is 15.3. The zero-order valence-corrected chi connectivity index (χ0v) is 15.8. The third kappa shape index (κ3) is 4.84. The first-order valence-corrected chi connectivity index (χ1v) is 9.30. The smallest absolute Gasteiger partial charge is 0.250 e. The van der Waals surface area contributed by atoms with Crippen LogP contribution in [0.1, 0.15) is 18.4 Å². The van der Waals surface area contributed by atoms with E-state index in [0.29, 0.717) is 5.02 Å². The molecule has 0 spiro atoms. The number of carbonyl (C=O) groups is 1.